The van der Waals surface area contributed by atoms with Gasteiger partial charge in [-0.2, -0.15) is 0 Å². The molecule has 0 spiro atoms. The Morgan fingerprint density at radius 2 is 1.78 bits per heavy atom. The van der Waals surface area contributed by atoms with E-state index in [1.54, 1.807) is 12.0 Å². The Hall–Kier alpha value is -2.92. The van der Waals surface area contributed by atoms with Crippen molar-refractivity contribution in [3.63, 3.8) is 0 Å². The quantitative estimate of drug-likeness (QED) is 0.605. The van der Waals surface area contributed by atoms with Crippen LogP contribution in [0.3, 0.4) is 0 Å². The summed E-state index contributed by atoms with van der Waals surface area (Å²) in [5.74, 6) is -0.494. The Labute approximate surface area is 158 Å². The van der Waals surface area contributed by atoms with E-state index in [2.05, 4.69) is 16.7 Å². The summed E-state index contributed by atoms with van der Waals surface area (Å²) in [6.07, 6.45) is 2.01. The molecule has 4 nitrogen and oxygen atoms in total. The van der Waals surface area contributed by atoms with E-state index in [1.807, 2.05) is 36.5 Å². The van der Waals surface area contributed by atoms with Gasteiger partial charge in [0.25, 0.3) is 5.91 Å². The highest BCUT2D eigenvalue weighted by molar-refractivity contribution is 5.94. The maximum absolute atomic E-state index is 13.2. The lowest BCUT2D eigenvalue weighted by Gasteiger charge is -2.23. The van der Waals surface area contributed by atoms with Crippen LogP contribution < -0.4 is 0 Å². The molecule has 0 unspecified atom stereocenters. The molecule has 3 aromatic rings. The summed E-state index contributed by atoms with van der Waals surface area (Å²) in [4.78, 5) is 14.6. The Morgan fingerprint density at radius 1 is 1.04 bits per heavy atom. The first-order valence-electron chi connectivity index (χ1n) is 8.89. The van der Waals surface area contributed by atoms with Gasteiger partial charge in [-0.15, -0.1) is 0 Å². The average molecular weight is 366 g/mol. The molecule has 0 N–H and O–H groups in total. The maximum atomic E-state index is 13.2. The van der Waals surface area contributed by atoms with Crippen molar-refractivity contribution >= 4 is 5.91 Å². The second kappa shape index (κ2) is 9.14. The van der Waals surface area contributed by atoms with E-state index in [1.165, 1.54) is 29.8 Å². The fraction of sp³-hybridized carbons (Fsp3) is 0.227. The number of hydrogen-bond acceptors (Lipinski definition) is 2. The molecule has 140 valence electrons. The Bertz CT molecular complexity index is 860. The molecule has 0 radical (unpaired) electrons. The van der Waals surface area contributed by atoms with E-state index >= 15 is 0 Å². The first-order chi connectivity index (χ1) is 13.2. The predicted octanol–water partition coefficient (Wildman–Crippen LogP) is 3.96. The SMILES string of the molecule is COCCN(Cc1cccn1Cc1ccccc1)C(=O)c1ccc(F)cc1. The summed E-state index contributed by atoms with van der Waals surface area (Å²) in [5, 5.41) is 0. The molecule has 0 aliphatic heterocycles. The zero-order valence-electron chi connectivity index (χ0n) is 15.3. The van der Waals surface area contributed by atoms with Crippen LogP contribution >= 0.6 is 0 Å². The minimum absolute atomic E-state index is 0.139. The fourth-order valence-electron chi connectivity index (χ4n) is 2.95. The summed E-state index contributed by atoms with van der Waals surface area (Å²) < 4.78 is 20.5. The Kier molecular flexibility index (Phi) is 6.39. The molecule has 2 aromatic carbocycles. The van der Waals surface area contributed by atoms with Gasteiger partial charge in [0.15, 0.2) is 0 Å². The number of nitrogens with zero attached hydrogens (tertiary/aromatic N) is 2. The number of aromatic nitrogens is 1. The van der Waals surface area contributed by atoms with Crippen molar-refractivity contribution in [1.82, 2.24) is 9.47 Å². The molecule has 1 aromatic heterocycles. The normalized spacial score (nSPS) is 10.7. The minimum Gasteiger partial charge on any atom is -0.383 e. The Balaban J connectivity index is 1.78. The average Bonchev–Trinajstić information content (AvgIpc) is 3.12. The molecular formula is C22H23FN2O2. The number of ether oxygens (including phenoxy) is 1. The molecule has 0 bridgehead atoms. The zero-order chi connectivity index (χ0) is 19.1. The van der Waals surface area contributed by atoms with Crippen LogP contribution in [0, 0.1) is 5.82 Å². The van der Waals surface area contributed by atoms with Crippen molar-refractivity contribution < 1.29 is 13.9 Å². The van der Waals surface area contributed by atoms with Gasteiger partial charge in [-0.3, -0.25) is 4.79 Å². The number of amides is 1. The van der Waals surface area contributed by atoms with Crippen molar-refractivity contribution in [3.05, 3.63) is 95.6 Å². The van der Waals surface area contributed by atoms with E-state index in [9.17, 15) is 9.18 Å². The molecule has 27 heavy (non-hydrogen) atoms. The first kappa shape index (κ1) is 18.9. The lowest BCUT2D eigenvalue weighted by atomic mass is 10.2. The second-order valence-electron chi connectivity index (χ2n) is 6.34. The summed E-state index contributed by atoms with van der Waals surface area (Å²) in [6.45, 7) is 2.10. The third kappa shape index (κ3) is 5.05. The van der Waals surface area contributed by atoms with Crippen LogP contribution in [-0.4, -0.2) is 35.6 Å². The molecule has 0 atom stereocenters. The molecule has 1 heterocycles. The Morgan fingerprint density at radius 3 is 2.48 bits per heavy atom. The third-order valence-corrected chi connectivity index (χ3v) is 4.42. The van der Waals surface area contributed by atoms with Crippen molar-refractivity contribution in [2.75, 3.05) is 20.3 Å². The van der Waals surface area contributed by atoms with Crippen molar-refractivity contribution in [2.24, 2.45) is 0 Å². The van der Waals surface area contributed by atoms with Crippen molar-refractivity contribution in [3.8, 4) is 0 Å². The largest absolute Gasteiger partial charge is 0.383 e. The van der Waals surface area contributed by atoms with Gasteiger partial charge in [0.1, 0.15) is 5.82 Å². The zero-order valence-corrected chi connectivity index (χ0v) is 15.3. The number of benzene rings is 2. The monoisotopic (exact) mass is 366 g/mol. The van der Waals surface area contributed by atoms with E-state index in [0.717, 1.165) is 12.2 Å². The van der Waals surface area contributed by atoms with Crippen LogP contribution in [0.5, 0.6) is 0 Å². The van der Waals surface area contributed by atoms with E-state index in [-0.39, 0.29) is 11.7 Å². The number of carbonyl (C=O) groups excluding carboxylic acids is 1. The van der Waals surface area contributed by atoms with Crippen molar-refractivity contribution in [1.29, 1.82) is 0 Å². The van der Waals surface area contributed by atoms with Crippen LogP contribution in [0.2, 0.25) is 0 Å². The molecule has 0 saturated heterocycles. The van der Waals surface area contributed by atoms with E-state index in [0.29, 0.717) is 25.3 Å². The summed E-state index contributed by atoms with van der Waals surface area (Å²) in [7, 11) is 1.61. The van der Waals surface area contributed by atoms with Gasteiger partial charge < -0.3 is 14.2 Å². The van der Waals surface area contributed by atoms with Crippen LogP contribution in [0.1, 0.15) is 21.6 Å². The summed E-state index contributed by atoms with van der Waals surface area (Å²) in [5.41, 5.74) is 2.70. The first-order valence-corrected chi connectivity index (χ1v) is 8.89. The highest BCUT2D eigenvalue weighted by Gasteiger charge is 2.17. The van der Waals surface area contributed by atoms with Gasteiger partial charge in [-0.25, -0.2) is 4.39 Å². The van der Waals surface area contributed by atoms with Gasteiger partial charge in [-0.1, -0.05) is 30.3 Å². The van der Waals surface area contributed by atoms with Gasteiger partial charge in [0, 0.05) is 37.7 Å². The maximum Gasteiger partial charge on any atom is 0.254 e. The number of methoxy groups -OCH3 is 1. The molecule has 0 aliphatic carbocycles. The topological polar surface area (TPSA) is 34.5 Å². The predicted molar refractivity (Wildman–Crippen MR) is 103 cm³/mol. The van der Waals surface area contributed by atoms with E-state index < -0.39 is 0 Å². The fourth-order valence-corrected chi connectivity index (χ4v) is 2.95. The minimum atomic E-state index is -0.355. The summed E-state index contributed by atoms with van der Waals surface area (Å²) in [6, 6.07) is 19.8. The number of halogens is 1. The molecule has 0 saturated carbocycles. The van der Waals surface area contributed by atoms with Gasteiger partial charge in [-0.05, 0) is 42.0 Å². The smallest absolute Gasteiger partial charge is 0.254 e. The van der Waals surface area contributed by atoms with Gasteiger partial charge in [0.2, 0.25) is 0 Å². The third-order valence-electron chi connectivity index (χ3n) is 4.42. The highest BCUT2D eigenvalue weighted by Crippen LogP contribution is 2.14. The van der Waals surface area contributed by atoms with Crippen LogP contribution in [0.25, 0.3) is 0 Å². The number of carbonyl (C=O) groups is 1. The van der Waals surface area contributed by atoms with Crippen molar-refractivity contribution in [2.45, 2.75) is 13.1 Å². The van der Waals surface area contributed by atoms with Gasteiger partial charge in [0.05, 0.1) is 13.2 Å². The van der Waals surface area contributed by atoms with E-state index in [4.69, 9.17) is 4.74 Å². The molecule has 5 heteroatoms. The van der Waals surface area contributed by atoms with Crippen LogP contribution in [0.4, 0.5) is 4.39 Å². The lowest BCUT2D eigenvalue weighted by Crippen LogP contribution is -2.34. The molecule has 0 fully saturated rings. The van der Waals surface area contributed by atoms with Gasteiger partial charge >= 0.3 is 0 Å². The second-order valence-corrected chi connectivity index (χ2v) is 6.34. The highest BCUT2D eigenvalue weighted by atomic mass is 19.1. The number of hydrogen-bond donors (Lipinski definition) is 0. The molecular weight excluding hydrogens is 343 g/mol. The summed E-state index contributed by atoms with van der Waals surface area (Å²) >= 11 is 0. The molecule has 1 amide bonds. The molecule has 3 rings (SSSR count). The number of rotatable bonds is 8. The van der Waals surface area contributed by atoms with Crippen LogP contribution in [0.15, 0.2) is 72.9 Å². The standard InChI is InChI=1S/C22H23FN2O2/c1-27-15-14-25(22(26)19-9-11-20(23)12-10-19)17-21-8-5-13-24(21)16-18-6-3-2-4-7-18/h2-13H,14-17H2,1H3. The molecule has 0 aliphatic rings. The lowest BCUT2D eigenvalue weighted by molar-refractivity contribution is 0.0676. The van der Waals surface area contributed by atoms with Crippen LogP contribution in [-0.2, 0) is 17.8 Å².